The molecule has 2 N–H and O–H groups in total. The summed E-state index contributed by atoms with van der Waals surface area (Å²) in [6, 6.07) is 11.8. The highest BCUT2D eigenvalue weighted by atomic mass is 32.2. The van der Waals surface area contributed by atoms with Crippen molar-refractivity contribution in [2.75, 3.05) is 6.54 Å². The summed E-state index contributed by atoms with van der Waals surface area (Å²) in [6.45, 7) is 0.0480. The third-order valence-corrected chi connectivity index (χ3v) is 6.25. The fraction of sp³-hybridized carbons (Fsp3) is 0.278. The van der Waals surface area contributed by atoms with Gasteiger partial charge in [-0.3, -0.25) is 0 Å². The van der Waals surface area contributed by atoms with Crippen molar-refractivity contribution in [2.45, 2.75) is 29.9 Å². The first-order valence-electron chi connectivity index (χ1n) is 8.00. The highest BCUT2D eigenvalue weighted by molar-refractivity contribution is 7.89. The molecular weight excluding hydrogens is 342 g/mol. The van der Waals surface area contributed by atoms with Gasteiger partial charge in [0.15, 0.2) is 0 Å². The number of fused-ring (bicyclic) bond motifs is 2. The predicted molar refractivity (Wildman–Crippen MR) is 89.4 cm³/mol. The summed E-state index contributed by atoms with van der Waals surface area (Å²) >= 11 is 0. The smallest absolute Gasteiger partial charge is 0.338 e. The third kappa shape index (κ3) is 2.74. The monoisotopic (exact) mass is 359 g/mol. The van der Waals surface area contributed by atoms with Gasteiger partial charge < -0.3 is 9.84 Å². The van der Waals surface area contributed by atoms with Crippen LogP contribution in [0.4, 0.5) is 0 Å². The molecule has 2 aromatic rings. The summed E-state index contributed by atoms with van der Waals surface area (Å²) in [5.74, 6) is -0.518. The Labute approximate surface area is 145 Å². The summed E-state index contributed by atoms with van der Waals surface area (Å²) in [5, 5.41) is 10.8. The molecular formula is C18H17NO5S. The van der Waals surface area contributed by atoms with E-state index < -0.39 is 21.6 Å². The number of rotatable bonds is 4. The number of benzene rings is 2. The minimum atomic E-state index is -3.85. The van der Waals surface area contributed by atoms with E-state index in [1.165, 1.54) is 12.1 Å². The van der Waals surface area contributed by atoms with E-state index in [1.807, 2.05) is 24.3 Å². The SMILES string of the molecule is O=C1OCc2ccc(S(=O)(=O)NCC3(O)CCc4ccccc43)cc21. The highest BCUT2D eigenvalue weighted by Gasteiger charge is 2.37. The number of sulfonamides is 1. The minimum Gasteiger partial charge on any atom is -0.457 e. The normalized spacial score (nSPS) is 21.7. The summed E-state index contributed by atoms with van der Waals surface area (Å²) < 4.78 is 32.5. The average Bonchev–Trinajstić information content (AvgIpc) is 3.15. The van der Waals surface area contributed by atoms with Crippen LogP contribution in [-0.2, 0) is 33.4 Å². The van der Waals surface area contributed by atoms with Crippen molar-refractivity contribution < 1.29 is 23.1 Å². The van der Waals surface area contributed by atoms with E-state index in [0.717, 1.165) is 11.1 Å². The van der Waals surface area contributed by atoms with Crippen LogP contribution in [0.3, 0.4) is 0 Å². The molecule has 1 aliphatic carbocycles. The molecule has 2 aliphatic rings. The van der Waals surface area contributed by atoms with Gasteiger partial charge in [0.2, 0.25) is 10.0 Å². The lowest BCUT2D eigenvalue weighted by molar-refractivity contribution is 0.0442. The zero-order valence-corrected chi connectivity index (χ0v) is 14.2. The van der Waals surface area contributed by atoms with Gasteiger partial charge in [-0.05, 0) is 36.1 Å². The first-order valence-corrected chi connectivity index (χ1v) is 9.48. The van der Waals surface area contributed by atoms with Crippen molar-refractivity contribution in [1.29, 1.82) is 0 Å². The first kappa shape index (κ1) is 16.3. The Balaban J connectivity index is 1.57. The largest absolute Gasteiger partial charge is 0.457 e. The number of aliphatic hydroxyl groups is 1. The van der Waals surface area contributed by atoms with Crippen molar-refractivity contribution in [3.63, 3.8) is 0 Å². The molecule has 7 heteroatoms. The van der Waals surface area contributed by atoms with Gasteiger partial charge in [-0.1, -0.05) is 30.3 Å². The number of carbonyl (C=O) groups is 1. The van der Waals surface area contributed by atoms with E-state index in [-0.39, 0.29) is 23.6 Å². The maximum Gasteiger partial charge on any atom is 0.338 e. The van der Waals surface area contributed by atoms with E-state index >= 15 is 0 Å². The maximum atomic E-state index is 12.6. The number of ether oxygens (including phenoxy) is 1. The molecule has 1 heterocycles. The van der Waals surface area contributed by atoms with Crippen LogP contribution in [-0.4, -0.2) is 26.0 Å². The van der Waals surface area contributed by atoms with Crippen molar-refractivity contribution in [3.8, 4) is 0 Å². The summed E-state index contributed by atoms with van der Waals surface area (Å²) in [7, 11) is -3.85. The molecule has 1 aliphatic heterocycles. The maximum absolute atomic E-state index is 12.6. The zero-order chi connectivity index (χ0) is 17.7. The lowest BCUT2D eigenvalue weighted by Crippen LogP contribution is -2.39. The van der Waals surface area contributed by atoms with Gasteiger partial charge in [-0.25, -0.2) is 17.9 Å². The summed E-state index contributed by atoms with van der Waals surface area (Å²) in [4.78, 5) is 11.6. The van der Waals surface area contributed by atoms with Gasteiger partial charge in [0.05, 0.1) is 10.5 Å². The quantitative estimate of drug-likeness (QED) is 0.807. The molecule has 0 saturated carbocycles. The number of nitrogens with one attached hydrogen (secondary N) is 1. The molecule has 6 nitrogen and oxygen atoms in total. The predicted octanol–water partition coefficient (Wildman–Crippen LogP) is 1.47. The van der Waals surface area contributed by atoms with Crippen LogP contribution in [0.1, 0.15) is 33.5 Å². The number of cyclic esters (lactones) is 1. The van der Waals surface area contributed by atoms with Gasteiger partial charge in [-0.2, -0.15) is 0 Å². The molecule has 2 aromatic carbocycles. The Hall–Kier alpha value is -2.22. The minimum absolute atomic E-state index is 0.0139. The number of hydrogen-bond acceptors (Lipinski definition) is 5. The van der Waals surface area contributed by atoms with Crippen LogP contribution < -0.4 is 4.72 Å². The average molecular weight is 359 g/mol. The molecule has 0 saturated heterocycles. The Morgan fingerprint density at radius 1 is 1.16 bits per heavy atom. The second-order valence-corrected chi connectivity index (χ2v) is 8.18. The topological polar surface area (TPSA) is 92.7 Å². The van der Waals surface area contributed by atoms with Crippen LogP contribution in [0.2, 0.25) is 0 Å². The molecule has 0 bridgehead atoms. The van der Waals surface area contributed by atoms with Gasteiger partial charge >= 0.3 is 5.97 Å². The fourth-order valence-corrected chi connectivity index (χ4v) is 4.53. The van der Waals surface area contributed by atoms with Crippen molar-refractivity contribution in [1.82, 2.24) is 4.72 Å². The Morgan fingerprint density at radius 2 is 1.96 bits per heavy atom. The number of esters is 1. The van der Waals surface area contributed by atoms with Crippen molar-refractivity contribution >= 4 is 16.0 Å². The van der Waals surface area contributed by atoms with E-state index in [1.54, 1.807) is 6.07 Å². The highest BCUT2D eigenvalue weighted by Crippen LogP contribution is 2.36. The lowest BCUT2D eigenvalue weighted by Gasteiger charge is -2.24. The van der Waals surface area contributed by atoms with Crippen molar-refractivity contribution in [3.05, 3.63) is 64.7 Å². The van der Waals surface area contributed by atoms with Crippen molar-refractivity contribution in [2.24, 2.45) is 0 Å². The molecule has 1 atom stereocenters. The second-order valence-electron chi connectivity index (χ2n) is 6.41. The Bertz CT molecular complexity index is 969. The summed E-state index contributed by atoms with van der Waals surface area (Å²) in [5.41, 5.74) is 1.51. The van der Waals surface area contributed by atoms with Gasteiger partial charge in [0.25, 0.3) is 0 Å². The van der Waals surface area contributed by atoms with Crippen LogP contribution in [0.5, 0.6) is 0 Å². The molecule has 0 aromatic heterocycles. The first-order chi connectivity index (χ1) is 11.9. The number of carbonyl (C=O) groups excluding carboxylic acids is 1. The standard InChI is InChI=1S/C18H17NO5S/c20-17-15-9-14(6-5-13(15)10-24-17)25(22,23)19-11-18(21)8-7-12-3-1-2-4-16(12)18/h1-6,9,19,21H,7-8,10-11H2. The molecule has 130 valence electrons. The van der Waals surface area contributed by atoms with Crippen LogP contribution in [0, 0.1) is 0 Å². The molecule has 0 radical (unpaired) electrons. The van der Waals surface area contributed by atoms with Crippen LogP contribution >= 0.6 is 0 Å². The number of hydrogen-bond donors (Lipinski definition) is 2. The van der Waals surface area contributed by atoms with E-state index in [9.17, 15) is 18.3 Å². The fourth-order valence-electron chi connectivity index (χ4n) is 3.41. The van der Waals surface area contributed by atoms with E-state index in [2.05, 4.69) is 4.72 Å². The third-order valence-electron chi connectivity index (χ3n) is 4.85. The zero-order valence-electron chi connectivity index (χ0n) is 13.4. The Morgan fingerprint density at radius 3 is 2.80 bits per heavy atom. The van der Waals surface area contributed by atoms with Crippen LogP contribution in [0.25, 0.3) is 0 Å². The van der Waals surface area contributed by atoms with Gasteiger partial charge in [0, 0.05) is 12.1 Å². The molecule has 4 rings (SSSR count). The molecule has 1 unspecified atom stereocenters. The Kier molecular flexibility index (Phi) is 3.68. The van der Waals surface area contributed by atoms with Crippen LogP contribution in [0.15, 0.2) is 47.4 Å². The van der Waals surface area contributed by atoms with Gasteiger partial charge in [-0.15, -0.1) is 0 Å². The molecule has 25 heavy (non-hydrogen) atoms. The molecule has 0 amide bonds. The molecule has 0 fully saturated rings. The second kappa shape index (κ2) is 5.66. The summed E-state index contributed by atoms with van der Waals surface area (Å²) in [6.07, 6.45) is 1.17. The number of aryl methyl sites for hydroxylation is 1. The molecule has 0 spiro atoms. The van der Waals surface area contributed by atoms with E-state index in [4.69, 9.17) is 4.74 Å². The lowest BCUT2D eigenvalue weighted by atomic mass is 9.96. The van der Waals surface area contributed by atoms with Gasteiger partial charge in [0.1, 0.15) is 12.2 Å². The van der Waals surface area contributed by atoms with E-state index in [0.29, 0.717) is 18.4 Å².